The van der Waals surface area contributed by atoms with Gasteiger partial charge >= 0.3 is 6.03 Å². The summed E-state index contributed by atoms with van der Waals surface area (Å²) in [6, 6.07) is 10.2. The average molecular weight is 614 g/mol. The lowest BCUT2D eigenvalue weighted by Gasteiger charge is -2.40. The number of nitrogen functional groups attached to an aromatic ring is 1. The zero-order valence-electron chi connectivity index (χ0n) is 23.1. The molecule has 3 aliphatic heterocycles. The smallest absolute Gasteiger partial charge is 0.320 e. The van der Waals surface area contributed by atoms with E-state index in [0.29, 0.717) is 50.3 Å². The van der Waals surface area contributed by atoms with Crippen LogP contribution >= 0.6 is 23.2 Å². The van der Waals surface area contributed by atoms with E-state index in [4.69, 9.17) is 33.7 Å². The van der Waals surface area contributed by atoms with E-state index in [1.165, 1.54) is 12.1 Å². The van der Waals surface area contributed by atoms with Gasteiger partial charge in [0.15, 0.2) is 11.6 Å². The van der Waals surface area contributed by atoms with Gasteiger partial charge in [-0.1, -0.05) is 29.3 Å². The lowest BCUT2D eigenvalue weighted by atomic mass is 9.73. The fourth-order valence-corrected chi connectivity index (χ4v) is 6.78. The SMILES string of the molecule is C[C@@H](Oc1cc(-c2ccc3c(c2)C2(CCN(C(=O)N4CCNCC4)CC2)C(=O)N3)cnc1N)c1c(Cl)ccc(F)c1Cl. The zero-order chi connectivity index (χ0) is 29.6. The highest BCUT2D eigenvalue weighted by Crippen LogP contribution is 2.47. The number of likely N-dealkylation sites (tertiary alicyclic amines) is 1. The normalized spacial score (nSPS) is 18.5. The average Bonchev–Trinajstić information content (AvgIpc) is 3.26. The third-order valence-electron chi connectivity index (χ3n) is 8.50. The van der Waals surface area contributed by atoms with Crippen LogP contribution in [0.5, 0.6) is 5.75 Å². The maximum atomic E-state index is 14.1. The molecule has 2 fully saturated rings. The molecule has 0 bridgehead atoms. The van der Waals surface area contributed by atoms with Crippen molar-refractivity contribution in [1.29, 1.82) is 0 Å². The third kappa shape index (κ3) is 5.01. The Morgan fingerprint density at radius 3 is 2.52 bits per heavy atom. The van der Waals surface area contributed by atoms with Crippen molar-refractivity contribution in [2.24, 2.45) is 0 Å². The number of piperidine rings is 1. The number of amides is 3. The molecule has 6 rings (SSSR count). The number of nitrogens with zero attached hydrogens (tertiary/aromatic N) is 3. The summed E-state index contributed by atoms with van der Waals surface area (Å²) in [6.45, 7) is 5.67. The van der Waals surface area contributed by atoms with Crippen molar-refractivity contribution in [1.82, 2.24) is 20.1 Å². The Morgan fingerprint density at radius 1 is 1.07 bits per heavy atom. The maximum absolute atomic E-state index is 14.1. The number of nitrogens with two attached hydrogens (primary N) is 1. The van der Waals surface area contributed by atoms with Crippen LogP contribution in [0.3, 0.4) is 0 Å². The molecule has 9 nitrogen and oxygen atoms in total. The first kappa shape index (κ1) is 28.5. The third-order valence-corrected chi connectivity index (χ3v) is 9.21. The number of hydrogen-bond acceptors (Lipinski definition) is 6. The molecular formula is C30H31Cl2FN6O3. The van der Waals surface area contributed by atoms with E-state index >= 15 is 0 Å². The molecule has 3 amide bonds. The van der Waals surface area contributed by atoms with Gasteiger partial charge in [-0.25, -0.2) is 14.2 Å². The Labute approximate surface area is 253 Å². The van der Waals surface area contributed by atoms with Gasteiger partial charge in [0.1, 0.15) is 11.9 Å². The Morgan fingerprint density at radius 2 is 1.79 bits per heavy atom. The molecule has 2 aromatic carbocycles. The molecule has 0 radical (unpaired) electrons. The number of anilines is 2. The molecule has 0 aliphatic carbocycles. The van der Waals surface area contributed by atoms with Crippen molar-refractivity contribution in [3.63, 3.8) is 0 Å². The number of rotatable bonds is 4. The Hall–Kier alpha value is -3.60. The first-order valence-corrected chi connectivity index (χ1v) is 14.7. The Bertz CT molecular complexity index is 1560. The zero-order valence-corrected chi connectivity index (χ0v) is 24.6. The lowest BCUT2D eigenvalue weighted by Crippen LogP contribution is -2.55. The van der Waals surface area contributed by atoms with Crippen LogP contribution in [0.25, 0.3) is 11.1 Å². The van der Waals surface area contributed by atoms with E-state index < -0.39 is 17.3 Å². The fourth-order valence-electron chi connectivity index (χ4n) is 6.10. The molecule has 2 saturated heterocycles. The molecule has 1 atom stereocenters. The minimum atomic E-state index is -0.717. The predicted molar refractivity (Wildman–Crippen MR) is 161 cm³/mol. The number of nitrogens with one attached hydrogen (secondary N) is 2. The monoisotopic (exact) mass is 612 g/mol. The van der Waals surface area contributed by atoms with Crippen molar-refractivity contribution in [2.45, 2.75) is 31.3 Å². The van der Waals surface area contributed by atoms with Gasteiger partial charge in [0.2, 0.25) is 5.91 Å². The van der Waals surface area contributed by atoms with Gasteiger partial charge in [-0.3, -0.25) is 4.79 Å². The van der Waals surface area contributed by atoms with Crippen molar-refractivity contribution >= 4 is 46.6 Å². The quantitative estimate of drug-likeness (QED) is 0.348. The van der Waals surface area contributed by atoms with E-state index in [9.17, 15) is 14.0 Å². The molecule has 3 aliphatic rings. The number of halogens is 3. The number of piperazine rings is 1. The van der Waals surface area contributed by atoms with Crippen LogP contribution < -0.4 is 21.1 Å². The molecule has 1 aromatic heterocycles. The maximum Gasteiger partial charge on any atom is 0.320 e. The van der Waals surface area contributed by atoms with Gasteiger partial charge in [0.25, 0.3) is 0 Å². The van der Waals surface area contributed by atoms with E-state index in [1.807, 2.05) is 28.0 Å². The van der Waals surface area contributed by atoms with Gasteiger partial charge in [0, 0.05) is 67.3 Å². The highest BCUT2D eigenvalue weighted by atomic mass is 35.5. The van der Waals surface area contributed by atoms with Crippen LogP contribution in [-0.4, -0.2) is 66.0 Å². The molecule has 4 heterocycles. The van der Waals surface area contributed by atoms with Crippen LogP contribution in [-0.2, 0) is 10.2 Å². The van der Waals surface area contributed by atoms with Crippen LogP contribution in [0.15, 0.2) is 42.6 Å². The molecule has 220 valence electrons. The van der Waals surface area contributed by atoms with Crippen LogP contribution in [0.1, 0.15) is 37.0 Å². The molecule has 3 aromatic rings. The fraction of sp³-hybridized carbons (Fsp3) is 0.367. The largest absolute Gasteiger partial charge is 0.482 e. The number of benzene rings is 2. The van der Waals surface area contributed by atoms with E-state index in [2.05, 4.69) is 15.6 Å². The van der Waals surface area contributed by atoms with Gasteiger partial charge in [-0.15, -0.1) is 0 Å². The lowest BCUT2D eigenvalue weighted by molar-refractivity contribution is -0.122. The van der Waals surface area contributed by atoms with Crippen molar-refractivity contribution in [3.05, 3.63) is 69.6 Å². The minimum absolute atomic E-state index is 0.0363. The number of carbonyl (C=O) groups excluding carboxylic acids is 2. The van der Waals surface area contributed by atoms with Gasteiger partial charge in [-0.05, 0) is 61.2 Å². The van der Waals surface area contributed by atoms with E-state index in [0.717, 1.165) is 35.5 Å². The summed E-state index contributed by atoms with van der Waals surface area (Å²) in [6.07, 6.45) is 2.00. The van der Waals surface area contributed by atoms with Gasteiger partial charge in [-0.2, -0.15) is 0 Å². The molecule has 1 spiro atoms. The van der Waals surface area contributed by atoms with Crippen LogP contribution in [0.2, 0.25) is 10.0 Å². The molecule has 0 saturated carbocycles. The first-order chi connectivity index (χ1) is 20.2. The number of carbonyl (C=O) groups is 2. The molecule has 0 unspecified atom stereocenters. The second kappa shape index (κ2) is 11.2. The number of ether oxygens (including phenoxy) is 1. The van der Waals surface area contributed by atoms with Crippen molar-refractivity contribution in [2.75, 3.05) is 50.3 Å². The topological polar surface area (TPSA) is 113 Å². The number of fused-ring (bicyclic) bond motifs is 2. The summed E-state index contributed by atoms with van der Waals surface area (Å²) in [5.41, 5.74) is 8.98. The van der Waals surface area contributed by atoms with Crippen LogP contribution in [0.4, 0.5) is 20.7 Å². The highest BCUT2D eigenvalue weighted by molar-refractivity contribution is 6.36. The summed E-state index contributed by atoms with van der Waals surface area (Å²) < 4.78 is 20.2. The van der Waals surface area contributed by atoms with E-state index in [-0.39, 0.29) is 27.8 Å². The van der Waals surface area contributed by atoms with E-state index in [1.54, 1.807) is 19.2 Å². The Balaban J connectivity index is 1.24. The Kier molecular flexibility index (Phi) is 7.63. The second-order valence-electron chi connectivity index (χ2n) is 10.9. The summed E-state index contributed by atoms with van der Waals surface area (Å²) in [5, 5.41) is 6.48. The summed E-state index contributed by atoms with van der Waals surface area (Å²) >= 11 is 12.5. The number of aromatic nitrogens is 1. The number of urea groups is 1. The molecule has 42 heavy (non-hydrogen) atoms. The molecular weight excluding hydrogens is 582 g/mol. The predicted octanol–water partition coefficient (Wildman–Crippen LogP) is 5.23. The standard InChI is InChI=1S/C30H31Cl2FN6O3/c1-17(25-21(31)3-4-22(33)26(25)32)42-24-15-19(16-36-27(24)34)18-2-5-23-20(14-18)30(28(40)37-23)6-10-38(11-7-30)29(41)39-12-8-35-9-13-39/h2-5,14-17,35H,6-13H2,1H3,(H2,34,36)(H,37,40)/t17-/m1/s1. The van der Waals surface area contributed by atoms with Crippen molar-refractivity contribution in [3.8, 4) is 16.9 Å². The summed E-state index contributed by atoms with van der Waals surface area (Å²) in [5.74, 6) is -0.188. The first-order valence-electron chi connectivity index (χ1n) is 13.9. The molecule has 4 N–H and O–H groups in total. The van der Waals surface area contributed by atoms with Crippen molar-refractivity contribution < 1.29 is 18.7 Å². The molecule has 12 heteroatoms. The number of hydrogen-bond donors (Lipinski definition) is 3. The van der Waals surface area contributed by atoms with Gasteiger partial charge < -0.3 is 30.9 Å². The summed E-state index contributed by atoms with van der Waals surface area (Å²) in [7, 11) is 0. The van der Waals surface area contributed by atoms with Crippen LogP contribution in [0, 0.1) is 5.82 Å². The minimum Gasteiger partial charge on any atom is -0.482 e. The second-order valence-corrected chi connectivity index (χ2v) is 11.7. The highest BCUT2D eigenvalue weighted by Gasteiger charge is 2.49. The number of pyridine rings is 1. The summed E-state index contributed by atoms with van der Waals surface area (Å²) in [4.78, 5) is 34.5. The van der Waals surface area contributed by atoms with Gasteiger partial charge in [0.05, 0.1) is 10.4 Å².